The molecule has 0 saturated carbocycles. The van der Waals surface area contributed by atoms with E-state index in [-0.39, 0.29) is 24.4 Å². The van der Waals surface area contributed by atoms with Crippen LogP contribution in [0.1, 0.15) is 40.0 Å². The van der Waals surface area contributed by atoms with Crippen LogP contribution in [0.2, 0.25) is 0 Å². The average Bonchev–Trinajstić information content (AvgIpc) is 3.45. The Morgan fingerprint density at radius 2 is 2.12 bits per heavy atom. The largest absolute Gasteiger partial charge is 0.444 e. The fraction of sp³-hybridized carbons (Fsp3) is 0.583. The monoisotopic (exact) mass is 471 g/mol. The number of carbonyl (C=O) groups is 3. The molecule has 0 spiro atoms. The summed E-state index contributed by atoms with van der Waals surface area (Å²) in [5.74, 6) is -0.914. The summed E-state index contributed by atoms with van der Waals surface area (Å²) in [6.07, 6.45) is 1.15. The molecule has 3 saturated heterocycles. The van der Waals surface area contributed by atoms with E-state index in [0.717, 1.165) is 6.42 Å². The van der Waals surface area contributed by atoms with Crippen LogP contribution in [0.5, 0.6) is 0 Å². The number of anilines is 1. The van der Waals surface area contributed by atoms with Gasteiger partial charge in [0.15, 0.2) is 0 Å². The summed E-state index contributed by atoms with van der Waals surface area (Å²) in [6.45, 7) is 6.25. The number of amides is 3. The zero-order valence-corrected chi connectivity index (χ0v) is 19.7. The highest BCUT2D eigenvalue weighted by atomic mass is 19.1. The molecule has 0 radical (unpaired) electrons. The van der Waals surface area contributed by atoms with Crippen LogP contribution in [0.25, 0.3) is 0 Å². The van der Waals surface area contributed by atoms with Crippen molar-refractivity contribution in [1.29, 1.82) is 5.26 Å². The van der Waals surface area contributed by atoms with Crippen LogP contribution < -0.4 is 10.2 Å². The quantitative estimate of drug-likeness (QED) is 0.704. The van der Waals surface area contributed by atoms with Crippen LogP contribution in [0.4, 0.5) is 14.9 Å². The highest BCUT2D eigenvalue weighted by Gasteiger charge is 2.51. The maximum atomic E-state index is 13.7. The second-order valence-electron chi connectivity index (χ2n) is 10.1. The lowest BCUT2D eigenvalue weighted by Gasteiger charge is -2.36. The number of nitrogens with one attached hydrogen (secondary N) is 1. The topological polar surface area (TPSA) is 106 Å². The lowest BCUT2D eigenvalue weighted by atomic mass is 10.1. The summed E-state index contributed by atoms with van der Waals surface area (Å²) >= 11 is 0. The first-order valence-electron chi connectivity index (χ1n) is 11.6. The molecule has 3 heterocycles. The third-order valence-corrected chi connectivity index (χ3v) is 6.45. The van der Waals surface area contributed by atoms with Crippen LogP contribution in [0.15, 0.2) is 24.3 Å². The summed E-state index contributed by atoms with van der Waals surface area (Å²) in [5, 5.41) is 12.1. The second kappa shape index (κ2) is 9.22. The molecule has 4 rings (SSSR count). The van der Waals surface area contributed by atoms with Gasteiger partial charge in [0.25, 0.3) is 0 Å². The van der Waals surface area contributed by atoms with E-state index in [1.807, 2.05) is 4.90 Å². The van der Waals surface area contributed by atoms with Gasteiger partial charge >= 0.3 is 6.09 Å². The molecule has 0 aliphatic carbocycles. The molecule has 1 aromatic rings. The minimum Gasteiger partial charge on any atom is -0.444 e. The summed E-state index contributed by atoms with van der Waals surface area (Å²) < 4.78 is 19.1. The van der Waals surface area contributed by atoms with E-state index >= 15 is 0 Å². The van der Waals surface area contributed by atoms with Gasteiger partial charge in [0.1, 0.15) is 23.5 Å². The highest BCUT2D eigenvalue weighted by Crippen LogP contribution is 2.36. The first-order chi connectivity index (χ1) is 16.1. The fourth-order valence-corrected chi connectivity index (χ4v) is 5.06. The number of ether oxygens (including phenoxy) is 1. The minimum atomic E-state index is -0.960. The Bertz CT molecular complexity index is 1020. The SMILES string of the molecule is CC(C)(C)OC(=O)N[C@@H](CN1C[C@@H]2C[C@H]1C(=O)N2c1cccc(F)c1)C(=O)N1CCC[C@H]1C#N. The zero-order chi connectivity index (χ0) is 24.6. The van der Waals surface area contributed by atoms with Gasteiger partial charge in [0.2, 0.25) is 11.8 Å². The smallest absolute Gasteiger partial charge is 0.408 e. The molecule has 9 nitrogen and oxygen atoms in total. The molecule has 34 heavy (non-hydrogen) atoms. The van der Waals surface area contributed by atoms with Crippen LogP contribution in [0.3, 0.4) is 0 Å². The Morgan fingerprint density at radius 1 is 1.35 bits per heavy atom. The fourth-order valence-electron chi connectivity index (χ4n) is 5.06. The van der Waals surface area contributed by atoms with Gasteiger partial charge in [-0.15, -0.1) is 0 Å². The summed E-state index contributed by atoms with van der Waals surface area (Å²) in [4.78, 5) is 44.0. The summed E-state index contributed by atoms with van der Waals surface area (Å²) in [7, 11) is 0. The van der Waals surface area contributed by atoms with Crippen molar-refractivity contribution in [1.82, 2.24) is 15.1 Å². The molecule has 3 amide bonds. The number of alkyl carbamates (subject to hydrolysis) is 1. The van der Waals surface area contributed by atoms with E-state index in [2.05, 4.69) is 11.4 Å². The van der Waals surface area contributed by atoms with Crippen molar-refractivity contribution in [2.24, 2.45) is 0 Å². The van der Waals surface area contributed by atoms with Gasteiger partial charge in [0.05, 0.1) is 18.2 Å². The molecular formula is C24H30FN5O4. The number of halogens is 1. The van der Waals surface area contributed by atoms with E-state index in [9.17, 15) is 24.0 Å². The normalized spacial score (nSPS) is 25.4. The van der Waals surface area contributed by atoms with Crippen LogP contribution in [-0.4, -0.2) is 77.1 Å². The number of hydrogen-bond acceptors (Lipinski definition) is 6. The molecule has 3 fully saturated rings. The van der Waals surface area contributed by atoms with Crippen molar-refractivity contribution in [3.63, 3.8) is 0 Å². The number of rotatable bonds is 5. The van der Waals surface area contributed by atoms with Crippen molar-refractivity contribution in [3.8, 4) is 6.07 Å². The van der Waals surface area contributed by atoms with Gasteiger partial charge in [-0.3, -0.25) is 14.5 Å². The predicted molar refractivity (Wildman–Crippen MR) is 121 cm³/mol. The number of fused-ring (bicyclic) bond motifs is 2. The van der Waals surface area contributed by atoms with E-state index in [0.29, 0.717) is 31.6 Å². The Labute approximate surface area is 198 Å². The van der Waals surface area contributed by atoms with Crippen LogP contribution in [0, 0.1) is 17.1 Å². The van der Waals surface area contributed by atoms with Crippen molar-refractivity contribution in [3.05, 3.63) is 30.1 Å². The van der Waals surface area contributed by atoms with E-state index in [1.54, 1.807) is 37.8 Å². The average molecular weight is 472 g/mol. The standard InChI is InChI=1S/C24H30FN5O4/c1-24(2,3)34-23(33)27-19(21(31)29-9-5-8-17(29)12-26)14-28-13-18-11-20(28)22(32)30(18)16-7-4-6-15(25)10-16/h4,6-7,10,17-20H,5,8-9,11,13-14H2,1-3H3,(H,27,33)/t17-,18-,19-,20-/m0/s1. The number of nitrogens with zero attached hydrogens (tertiary/aromatic N) is 4. The van der Waals surface area contributed by atoms with Crippen LogP contribution in [-0.2, 0) is 14.3 Å². The summed E-state index contributed by atoms with van der Waals surface area (Å²) in [5.41, 5.74) is -0.222. The Balaban J connectivity index is 1.49. The van der Waals surface area contributed by atoms with Gasteiger partial charge in [0, 0.05) is 25.3 Å². The molecule has 0 unspecified atom stereocenters. The minimum absolute atomic E-state index is 0.122. The molecule has 3 aliphatic rings. The molecule has 4 atom stereocenters. The molecule has 0 aromatic heterocycles. The van der Waals surface area contributed by atoms with Crippen LogP contribution >= 0.6 is 0 Å². The van der Waals surface area contributed by atoms with E-state index in [4.69, 9.17) is 4.74 Å². The number of likely N-dealkylation sites (tertiary alicyclic amines) is 2. The lowest BCUT2D eigenvalue weighted by Crippen LogP contribution is -2.59. The first kappa shape index (κ1) is 24.0. The highest BCUT2D eigenvalue weighted by molar-refractivity contribution is 6.01. The van der Waals surface area contributed by atoms with Gasteiger partial charge in [-0.25, -0.2) is 9.18 Å². The van der Waals surface area contributed by atoms with Gasteiger partial charge < -0.3 is 19.9 Å². The van der Waals surface area contributed by atoms with Crippen molar-refractivity contribution >= 4 is 23.6 Å². The number of carbonyl (C=O) groups excluding carboxylic acids is 3. The van der Waals surface area contributed by atoms with Crippen molar-refractivity contribution < 1.29 is 23.5 Å². The first-order valence-corrected chi connectivity index (χ1v) is 11.6. The van der Waals surface area contributed by atoms with E-state index < -0.39 is 35.6 Å². The molecule has 10 heteroatoms. The molecule has 2 bridgehead atoms. The van der Waals surface area contributed by atoms with Crippen molar-refractivity contribution in [2.75, 3.05) is 24.5 Å². The molecule has 182 valence electrons. The number of hydrogen-bond donors (Lipinski definition) is 1. The molecule has 1 aromatic carbocycles. The van der Waals surface area contributed by atoms with Gasteiger partial charge in [-0.05, 0) is 58.2 Å². The number of nitriles is 1. The lowest BCUT2D eigenvalue weighted by molar-refractivity contribution is -0.135. The van der Waals surface area contributed by atoms with Gasteiger partial charge in [-0.2, -0.15) is 5.26 Å². The van der Waals surface area contributed by atoms with E-state index in [1.165, 1.54) is 17.0 Å². The Morgan fingerprint density at radius 3 is 2.76 bits per heavy atom. The number of piperazine rings is 1. The van der Waals surface area contributed by atoms with Crippen molar-refractivity contribution in [2.45, 2.75) is 69.8 Å². The number of benzene rings is 1. The second-order valence-corrected chi connectivity index (χ2v) is 10.1. The predicted octanol–water partition coefficient (Wildman–Crippen LogP) is 2.02. The Kier molecular flexibility index (Phi) is 6.49. The molecule has 1 N–H and O–H groups in total. The Hall–Kier alpha value is -3.19. The zero-order valence-electron chi connectivity index (χ0n) is 19.7. The molecular weight excluding hydrogens is 441 g/mol. The van der Waals surface area contributed by atoms with Gasteiger partial charge in [-0.1, -0.05) is 6.07 Å². The maximum absolute atomic E-state index is 13.7. The maximum Gasteiger partial charge on any atom is 0.408 e. The third kappa shape index (κ3) is 4.85. The third-order valence-electron chi connectivity index (χ3n) is 6.45. The summed E-state index contributed by atoms with van der Waals surface area (Å²) in [6, 6.07) is 6.01. The molecule has 3 aliphatic heterocycles.